The summed E-state index contributed by atoms with van der Waals surface area (Å²) in [6.07, 6.45) is 28.7. The second kappa shape index (κ2) is 50.6. The van der Waals surface area contributed by atoms with Gasteiger partial charge in [-0.1, -0.05) is 97.1 Å². The van der Waals surface area contributed by atoms with E-state index in [-0.39, 0.29) is 65.5 Å². The molecule has 596 valence electrons. The van der Waals surface area contributed by atoms with Gasteiger partial charge < -0.3 is 40.8 Å². The van der Waals surface area contributed by atoms with Crippen LogP contribution in [0.1, 0.15) is 44.5 Å². The van der Waals surface area contributed by atoms with Gasteiger partial charge >= 0.3 is 54.6 Å². The number of aliphatic imine (C=N–C) groups is 4. The number of fused-ring (bicyclic) bond motifs is 4. The normalized spacial score (nSPS) is 13.6. The minimum Gasteiger partial charge on any atom is -0.457 e. The number of anilines is 4. The number of aliphatic hydroxyl groups excluding tert-OH is 2. The van der Waals surface area contributed by atoms with Crippen molar-refractivity contribution in [2.45, 2.75) is 26.2 Å². The van der Waals surface area contributed by atoms with Gasteiger partial charge in [0, 0.05) is 86.0 Å². The Morgan fingerprint density at radius 1 is 0.241 bits per heavy atom. The third kappa shape index (κ3) is 34.9. The van der Waals surface area contributed by atoms with E-state index in [0.717, 1.165) is 131 Å². The second-order valence-electron chi connectivity index (χ2n) is 21.9. The van der Waals surface area contributed by atoms with Crippen LogP contribution in [0, 0.1) is 41.0 Å². The maximum absolute atomic E-state index is 8.49. The Balaban J connectivity index is 0.000000362. The van der Waals surface area contributed by atoms with Crippen LogP contribution in [-0.4, -0.2) is 87.6 Å². The molecule has 0 atom stereocenters. The number of aromatic nitrogens is 8. The van der Waals surface area contributed by atoms with Crippen molar-refractivity contribution in [1.29, 1.82) is 0 Å². The zero-order valence-corrected chi connectivity index (χ0v) is 72.3. The van der Waals surface area contributed by atoms with Crippen LogP contribution in [0.15, 0.2) is 313 Å². The molecule has 42 heteroatoms. The van der Waals surface area contributed by atoms with Gasteiger partial charge in [0.05, 0.1) is 121 Å². The first-order chi connectivity index (χ1) is 53.7. The largest absolute Gasteiger partial charge is 2.00 e. The van der Waals surface area contributed by atoms with E-state index >= 15 is 0 Å². The summed E-state index contributed by atoms with van der Waals surface area (Å²) in [5, 5.41) is 14.0. The van der Waals surface area contributed by atoms with E-state index in [9.17, 15) is 0 Å². The molecular weight excluding hydrogens is 1800 g/mol. The average Bonchev–Trinajstić information content (AvgIpc) is 1.66. The van der Waals surface area contributed by atoms with Crippen molar-refractivity contribution in [2.24, 2.45) is 20.0 Å². The van der Waals surface area contributed by atoms with Crippen LogP contribution in [0.2, 0.25) is 0 Å². The van der Waals surface area contributed by atoms with E-state index in [1.54, 1.807) is 74.4 Å². The first kappa shape index (κ1) is 100. The van der Waals surface area contributed by atoms with Crippen molar-refractivity contribution < 1.29 is 191 Å². The van der Waals surface area contributed by atoms with Crippen LogP contribution in [-0.2, 0) is 91.7 Å². The number of halogens is 4. The number of amidine groups is 4. The van der Waals surface area contributed by atoms with Crippen LogP contribution in [0.3, 0.4) is 0 Å². The molecule has 4 aliphatic rings. The summed E-state index contributed by atoms with van der Waals surface area (Å²) >= 11 is 0. The van der Waals surface area contributed by atoms with Gasteiger partial charge in [-0.2, -0.15) is 0 Å². The Labute approximate surface area is 712 Å². The molecule has 8 N–H and O–H groups in total. The number of benzene rings is 4. The molecule has 0 spiro atoms. The molecule has 36 nitrogen and oxygen atoms in total. The minimum absolute atomic E-state index is 0. The molecular formula is C74H70Cd2Cl4N16O20+2. The summed E-state index contributed by atoms with van der Waals surface area (Å²) in [7, 11) is -17.8. The van der Waals surface area contributed by atoms with Crippen molar-refractivity contribution in [1.82, 2.24) is 39.9 Å². The monoisotopic (exact) mass is 1870 g/mol. The number of hydrogen-bond donors (Lipinski definition) is 2. The van der Waals surface area contributed by atoms with Gasteiger partial charge in [-0.05, 0) is 119 Å². The Kier molecular flexibility index (Phi) is 43.8. The van der Waals surface area contributed by atoms with Crippen LogP contribution >= 0.6 is 0 Å². The molecule has 8 aromatic heterocycles. The molecule has 16 rings (SSSR count). The van der Waals surface area contributed by atoms with E-state index in [1.807, 2.05) is 122 Å². The summed E-state index contributed by atoms with van der Waals surface area (Å²) in [6, 6.07) is 64.9. The van der Waals surface area contributed by atoms with Crippen molar-refractivity contribution >= 4 is 68.8 Å². The molecule has 0 saturated heterocycles. The number of rotatable bonds is 8. The second-order valence-corrected chi connectivity index (χ2v) is 24.9. The predicted octanol–water partition coefficient (Wildman–Crippen LogP) is -7.36. The van der Waals surface area contributed by atoms with E-state index < -0.39 is 41.0 Å². The van der Waals surface area contributed by atoms with Gasteiger partial charge in [-0.25, -0.2) is 94.5 Å². The molecule has 116 heavy (non-hydrogen) atoms. The third-order valence-electron chi connectivity index (χ3n) is 14.7. The van der Waals surface area contributed by atoms with Gasteiger partial charge in [0.2, 0.25) is 0 Å². The third-order valence-corrected chi connectivity index (χ3v) is 14.7. The number of nitrogens with zero attached hydrogens (tertiary/aromatic N) is 16. The Morgan fingerprint density at radius 2 is 0.397 bits per heavy atom. The van der Waals surface area contributed by atoms with Crippen molar-refractivity contribution in [2.75, 3.05) is 33.8 Å². The predicted molar refractivity (Wildman–Crippen MR) is 375 cm³/mol. The van der Waals surface area contributed by atoms with E-state index in [4.69, 9.17) is 105 Å². The molecule has 12 heterocycles. The molecule has 0 radical (unpaired) electrons. The quantitative estimate of drug-likeness (QED) is 0.105. The van der Waals surface area contributed by atoms with E-state index in [2.05, 4.69) is 157 Å². The fraction of sp³-hybridized carbons (Fsp3) is 0.0811. The molecule has 4 aliphatic heterocycles. The Hall–Kier alpha value is -9.84. The maximum atomic E-state index is 8.49. The van der Waals surface area contributed by atoms with E-state index in [0.29, 0.717) is 0 Å². The first-order valence-electron chi connectivity index (χ1n) is 32.0. The van der Waals surface area contributed by atoms with Crippen molar-refractivity contribution in [3.8, 4) is 0 Å². The first-order valence-corrected chi connectivity index (χ1v) is 37.0. The van der Waals surface area contributed by atoms with Crippen molar-refractivity contribution in [3.63, 3.8) is 0 Å². The van der Waals surface area contributed by atoms with Crippen LogP contribution < -0.4 is 94.1 Å². The minimum atomic E-state index is -4.94. The Bertz CT molecular complexity index is 4290. The fourth-order valence-corrected chi connectivity index (χ4v) is 10.6. The number of aliphatic hydroxyl groups is 2. The summed E-state index contributed by atoms with van der Waals surface area (Å²) in [5.74, 6) is 3.77. The molecule has 12 aromatic rings. The smallest absolute Gasteiger partial charge is 0.457 e. The van der Waals surface area contributed by atoms with Gasteiger partial charge in [0.15, 0.2) is 0 Å². The maximum Gasteiger partial charge on any atom is 2.00 e. The molecule has 0 bridgehead atoms. The topological polar surface area (TPSA) is 641 Å². The molecule has 0 fully saturated rings. The van der Waals surface area contributed by atoms with Crippen LogP contribution in [0.25, 0.3) is 0 Å². The van der Waals surface area contributed by atoms with Crippen molar-refractivity contribution in [3.05, 3.63) is 338 Å². The zero-order valence-electron chi connectivity index (χ0n) is 61.2. The fourth-order valence-electron chi connectivity index (χ4n) is 10.6. The number of pyridine rings is 8. The van der Waals surface area contributed by atoms with Gasteiger partial charge in [-0.15, -0.1) is 41.0 Å². The zero-order chi connectivity index (χ0) is 81.1. The molecule has 0 aliphatic carbocycles. The standard InChI is InChI=1S/4C18H14N4.2CH4O.2Cd.4ClHO4.2H2O/c4*1-2-8-17-14(5-1)13-22(16-7-4-10-20-12-16)18(17)21-15-6-3-9-19-11-15;2*1-2;;;4*2-1(3,4)5;;/h4*1-12H,13H2;2*2H,1H3;;;4*(H,2,3,4,5);2*1H2/q;;;;;;2*+2;;;;;;/p-2. The van der Waals surface area contributed by atoms with Crippen LogP contribution in [0.5, 0.6) is 0 Å². The van der Waals surface area contributed by atoms with Crippen LogP contribution in [0.4, 0.5) is 45.5 Å². The molecule has 0 saturated carbocycles. The van der Waals surface area contributed by atoms with Gasteiger partial charge in [0.25, 0.3) is 0 Å². The summed E-state index contributed by atoms with van der Waals surface area (Å²) in [4.78, 5) is 61.4. The van der Waals surface area contributed by atoms with Gasteiger partial charge in [-0.3, -0.25) is 39.9 Å². The summed E-state index contributed by atoms with van der Waals surface area (Å²) in [5.41, 5.74) is 17.3. The van der Waals surface area contributed by atoms with E-state index in [1.165, 1.54) is 22.3 Å². The van der Waals surface area contributed by atoms with Gasteiger partial charge in [0.1, 0.15) is 23.3 Å². The molecule has 0 unspecified atom stereocenters. The number of hydrogen-bond acceptors (Lipinski definition) is 30. The molecule has 0 amide bonds. The average molecular weight is 1870 g/mol. The summed E-state index contributed by atoms with van der Waals surface area (Å²) in [6.45, 7) is 3.23. The summed E-state index contributed by atoms with van der Waals surface area (Å²) < 4.78 is 136. The SMILES string of the molecule is CO.CO.[Cd+2].[Cd+2].[O-][Cl+3]([O-])([O-])[O-].[O-][Cl+3]([O-])([O-])[O-].[O-][Cl+3]([O-])([O-])[O-].[O-][Cl+3]([O-])([O-])[O-].[OH3+].[OH3+].c1cncc(N=C2c3ccccc3CN2c2cccnc2)c1.c1cncc(N=C2c3ccccc3CN2c2cccnc2)c1.c1cncc(N=C2c3ccccc3CN2c2cccnc2)c1.c1cncc(N=C2c3ccccc3CN2c2cccnc2)c1. The Morgan fingerprint density at radius 3 is 0.543 bits per heavy atom. The molecule has 4 aromatic carbocycles.